The van der Waals surface area contributed by atoms with Gasteiger partial charge in [0.05, 0.1) is 12.8 Å². The molecule has 1 aliphatic heterocycles. The maximum atomic E-state index is 5.71. The van der Waals surface area contributed by atoms with Gasteiger partial charge in [0.25, 0.3) is 0 Å². The molecule has 0 atom stereocenters. The van der Waals surface area contributed by atoms with E-state index in [1.807, 2.05) is 19.1 Å². The lowest BCUT2D eigenvalue weighted by Crippen LogP contribution is -2.35. The Labute approximate surface area is 121 Å². The fourth-order valence-corrected chi connectivity index (χ4v) is 2.51. The Bertz CT molecular complexity index is 392. The van der Waals surface area contributed by atoms with Crippen molar-refractivity contribution in [1.29, 1.82) is 0 Å². The maximum absolute atomic E-state index is 5.71. The van der Waals surface area contributed by atoms with E-state index in [0.29, 0.717) is 5.92 Å². The molecule has 1 aromatic heterocycles. The number of hydrogen-bond donors (Lipinski definition) is 1. The number of piperidine rings is 1. The first-order valence-electron chi connectivity index (χ1n) is 6.65. The van der Waals surface area contributed by atoms with Crippen LogP contribution >= 0.6 is 12.4 Å². The second-order valence-corrected chi connectivity index (χ2v) is 5.09. The number of pyridine rings is 1. The lowest BCUT2D eigenvalue weighted by molar-refractivity contribution is 0.178. The molecule has 2 rings (SSSR count). The molecule has 0 radical (unpaired) electrons. The van der Waals surface area contributed by atoms with Crippen LogP contribution in [-0.2, 0) is 6.54 Å². The van der Waals surface area contributed by atoms with Crippen LogP contribution in [0.2, 0.25) is 0 Å². The number of ether oxygens (including phenoxy) is 1. The summed E-state index contributed by atoms with van der Waals surface area (Å²) in [7, 11) is 1.70. The van der Waals surface area contributed by atoms with Crippen molar-refractivity contribution in [1.82, 2.24) is 9.88 Å². The average molecular weight is 286 g/mol. The molecule has 0 saturated carbocycles. The zero-order chi connectivity index (χ0) is 13.0. The first kappa shape index (κ1) is 16.2. The molecular formula is C14H24ClN3O. The molecule has 0 bridgehead atoms. The van der Waals surface area contributed by atoms with Crippen LogP contribution in [0, 0.1) is 12.8 Å². The van der Waals surface area contributed by atoms with E-state index < -0.39 is 0 Å². The summed E-state index contributed by atoms with van der Waals surface area (Å²) in [6.07, 6.45) is 2.42. The van der Waals surface area contributed by atoms with E-state index >= 15 is 0 Å². The van der Waals surface area contributed by atoms with Crippen molar-refractivity contribution < 1.29 is 4.74 Å². The number of likely N-dealkylation sites (tertiary alicyclic amines) is 1. The van der Waals surface area contributed by atoms with Gasteiger partial charge in [-0.3, -0.25) is 9.88 Å². The third-order valence-corrected chi connectivity index (χ3v) is 3.64. The quantitative estimate of drug-likeness (QED) is 0.919. The molecule has 19 heavy (non-hydrogen) atoms. The third-order valence-electron chi connectivity index (χ3n) is 3.64. The Morgan fingerprint density at radius 2 is 2.05 bits per heavy atom. The first-order valence-corrected chi connectivity index (χ1v) is 6.65. The lowest BCUT2D eigenvalue weighted by atomic mass is 9.97. The first-order chi connectivity index (χ1) is 8.71. The maximum Gasteiger partial charge on any atom is 0.122 e. The Morgan fingerprint density at radius 1 is 1.37 bits per heavy atom. The summed E-state index contributed by atoms with van der Waals surface area (Å²) in [6, 6.07) is 3.99. The second-order valence-electron chi connectivity index (χ2n) is 5.09. The van der Waals surface area contributed by atoms with Crippen molar-refractivity contribution in [3.8, 4) is 5.75 Å². The summed E-state index contributed by atoms with van der Waals surface area (Å²) < 4.78 is 5.28. The predicted octanol–water partition coefficient (Wildman–Crippen LogP) is 1.99. The zero-order valence-corrected chi connectivity index (χ0v) is 12.6. The summed E-state index contributed by atoms with van der Waals surface area (Å²) in [6.45, 7) is 5.99. The molecule has 1 saturated heterocycles. The van der Waals surface area contributed by atoms with Crippen molar-refractivity contribution in [3.05, 3.63) is 23.5 Å². The van der Waals surface area contributed by atoms with Gasteiger partial charge in [0.1, 0.15) is 5.75 Å². The van der Waals surface area contributed by atoms with Crippen LogP contribution in [0.4, 0.5) is 0 Å². The molecule has 0 aliphatic carbocycles. The highest BCUT2D eigenvalue weighted by atomic mass is 35.5. The minimum atomic E-state index is 0. The Balaban J connectivity index is 0.00000180. The van der Waals surface area contributed by atoms with E-state index in [1.54, 1.807) is 7.11 Å². The normalized spacial score (nSPS) is 17.0. The molecule has 1 aromatic rings. The van der Waals surface area contributed by atoms with Gasteiger partial charge in [-0.15, -0.1) is 12.4 Å². The molecule has 2 heterocycles. The van der Waals surface area contributed by atoms with Gasteiger partial charge in [-0.25, -0.2) is 0 Å². The fourth-order valence-electron chi connectivity index (χ4n) is 2.51. The average Bonchev–Trinajstić information content (AvgIpc) is 2.39. The topological polar surface area (TPSA) is 51.4 Å². The molecule has 5 heteroatoms. The molecule has 1 fully saturated rings. The summed E-state index contributed by atoms with van der Waals surface area (Å²) in [5.74, 6) is 1.61. The molecule has 108 valence electrons. The van der Waals surface area contributed by atoms with E-state index in [9.17, 15) is 0 Å². The monoisotopic (exact) mass is 285 g/mol. The van der Waals surface area contributed by atoms with Gasteiger partial charge < -0.3 is 10.5 Å². The number of nitrogens with two attached hydrogens (primary N) is 1. The molecule has 0 aromatic carbocycles. The molecule has 0 spiro atoms. The number of hydrogen-bond acceptors (Lipinski definition) is 4. The van der Waals surface area contributed by atoms with Crippen molar-refractivity contribution in [2.24, 2.45) is 11.7 Å². The number of rotatable bonds is 4. The van der Waals surface area contributed by atoms with Crippen LogP contribution in [0.3, 0.4) is 0 Å². The third kappa shape index (κ3) is 4.64. The Hall–Kier alpha value is -0.840. The molecule has 1 aliphatic rings. The fraction of sp³-hybridized carbons (Fsp3) is 0.643. The number of methoxy groups -OCH3 is 1. The van der Waals surface area contributed by atoms with Gasteiger partial charge in [0, 0.05) is 24.4 Å². The van der Waals surface area contributed by atoms with Crippen LogP contribution in [-0.4, -0.2) is 36.6 Å². The van der Waals surface area contributed by atoms with E-state index in [-0.39, 0.29) is 12.4 Å². The molecular weight excluding hydrogens is 262 g/mol. The summed E-state index contributed by atoms with van der Waals surface area (Å²) in [5.41, 5.74) is 7.82. The molecule has 4 nitrogen and oxygen atoms in total. The number of aromatic nitrogens is 1. The predicted molar refractivity (Wildman–Crippen MR) is 79.8 cm³/mol. The van der Waals surface area contributed by atoms with Gasteiger partial charge in [0.15, 0.2) is 0 Å². The highest BCUT2D eigenvalue weighted by Gasteiger charge is 2.18. The van der Waals surface area contributed by atoms with E-state index in [1.165, 1.54) is 12.8 Å². The minimum absolute atomic E-state index is 0. The molecule has 0 unspecified atom stereocenters. The highest BCUT2D eigenvalue weighted by molar-refractivity contribution is 5.85. The largest absolute Gasteiger partial charge is 0.497 e. The van der Waals surface area contributed by atoms with Gasteiger partial charge in [-0.05, 0) is 45.3 Å². The SMILES string of the molecule is COc1cc(C)nc(CN2CCC(CN)CC2)c1.Cl. The summed E-state index contributed by atoms with van der Waals surface area (Å²) in [5, 5.41) is 0. The van der Waals surface area contributed by atoms with E-state index in [0.717, 1.165) is 43.3 Å². The van der Waals surface area contributed by atoms with Crippen LogP contribution in [0.25, 0.3) is 0 Å². The van der Waals surface area contributed by atoms with Gasteiger partial charge in [-0.1, -0.05) is 0 Å². The Morgan fingerprint density at radius 3 is 2.63 bits per heavy atom. The number of aryl methyl sites for hydroxylation is 1. The second kappa shape index (κ2) is 7.68. The summed E-state index contributed by atoms with van der Waals surface area (Å²) in [4.78, 5) is 7.02. The van der Waals surface area contributed by atoms with Crippen LogP contribution in [0.15, 0.2) is 12.1 Å². The van der Waals surface area contributed by atoms with Crippen molar-refractivity contribution >= 4 is 12.4 Å². The van der Waals surface area contributed by atoms with Crippen LogP contribution < -0.4 is 10.5 Å². The van der Waals surface area contributed by atoms with Crippen LogP contribution in [0.5, 0.6) is 5.75 Å². The molecule has 0 amide bonds. The zero-order valence-electron chi connectivity index (χ0n) is 11.8. The number of halogens is 1. The van der Waals surface area contributed by atoms with Gasteiger partial charge >= 0.3 is 0 Å². The highest BCUT2D eigenvalue weighted by Crippen LogP contribution is 2.19. The minimum Gasteiger partial charge on any atom is -0.497 e. The smallest absolute Gasteiger partial charge is 0.122 e. The summed E-state index contributed by atoms with van der Waals surface area (Å²) >= 11 is 0. The van der Waals surface area contributed by atoms with Crippen molar-refractivity contribution in [2.45, 2.75) is 26.3 Å². The standard InChI is InChI=1S/C14H23N3O.ClH/c1-11-7-14(18-2)8-13(16-11)10-17-5-3-12(9-15)4-6-17;/h7-8,12H,3-6,9-10,15H2,1-2H3;1H. The molecule has 2 N–H and O–H groups in total. The lowest BCUT2D eigenvalue weighted by Gasteiger charge is -2.31. The van der Waals surface area contributed by atoms with E-state index in [2.05, 4.69) is 9.88 Å². The van der Waals surface area contributed by atoms with E-state index in [4.69, 9.17) is 10.5 Å². The van der Waals surface area contributed by atoms with Crippen molar-refractivity contribution in [2.75, 3.05) is 26.7 Å². The van der Waals surface area contributed by atoms with Crippen LogP contribution in [0.1, 0.15) is 24.2 Å². The van der Waals surface area contributed by atoms with Gasteiger partial charge in [0.2, 0.25) is 0 Å². The van der Waals surface area contributed by atoms with Gasteiger partial charge in [-0.2, -0.15) is 0 Å². The Kier molecular flexibility index (Phi) is 6.55. The number of nitrogens with zero attached hydrogens (tertiary/aromatic N) is 2. The van der Waals surface area contributed by atoms with Crippen molar-refractivity contribution in [3.63, 3.8) is 0 Å².